The topological polar surface area (TPSA) is 50.4 Å². The smallest absolute Gasteiger partial charge is 0.263 e. The zero-order valence-electron chi connectivity index (χ0n) is 10.2. The first-order chi connectivity index (χ1) is 8.69. The van der Waals surface area contributed by atoms with Crippen molar-refractivity contribution >= 4 is 33.0 Å². The van der Waals surface area contributed by atoms with Crippen molar-refractivity contribution in [2.75, 3.05) is 19.0 Å². The van der Waals surface area contributed by atoms with E-state index in [0.717, 1.165) is 26.4 Å². The van der Waals surface area contributed by atoms with Crippen LogP contribution in [0.1, 0.15) is 16.6 Å². The van der Waals surface area contributed by atoms with Crippen LogP contribution in [-0.2, 0) is 0 Å². The maximum atomic E-state index is 12.0. The van der Waals surface area contributed by atoms with Gasteiger partial charge in [0.15, 0.2) is 0 Å². The van der Waals surface area contributed by atoms with Crippen molar-refractivity contribution in [3.8, 4) is 5.75 Å². The summed E-state index contributed by atoms with van der Waals surface area (Å²) >= 11 is 1.51. The summed E-state index contributed by atoms with van der Waals surface area (Å²) in [6, 6.07) is 6.11. The molecule has 1 aromatic heterocycles. The van der Waals surface area contributed by atoms with Crippen molar-refractivity contribution in [2.24, 2.45) is 0 Å². The van der Waals surface area contributed by atoms with Crippen LogP contribution in [-0.4, -0.2) is 25.6 Å². The monoisotopic (exact) mass is 262 g/mol. The van der Waals surface area contributed by atoms with E-state index < -0.39 is 0 Å². The van der Waals surface area contributed by atoms with Gasteiger partial charge in [-0.3, -0.25) is 4.79 Å². The molecule has 2 aromatic rings. The van der Waals surface area contributed by atoms with E-state index in [9.17, 15) is 4.79 Å². The quantitative estimate of drug-likeness (QED) is 0.830. The molecular formula is C13H14N2O2S. The van der Waals surface area contributed by atoms with Gasteiger partial charge in [-0.15, -0.1) is 11.3 Å². The predicted molar refractivity (Wildman–Crippen MR) is 73.8 cm³/mol. The molecule has 0 bridgehead atoms. The van der Waals surface area contributed by atoms with Gasteiger partial charge in [-0.05, 0) is 25.1 Å². The van der Waals surface area contributed by atoms with Gasteiger partial charge in [0.25, 0.3) is 5.91 Å². The normalized spacial score (nSPS) is 18.8. The third-order valence-corrected chi connectivity index (χ3v) is 4.23. The summed E-state index contributed by atoms with van der Waals surface area (Å²) < 4.78 is 6.34. The maximum absolute atomic E-state index is 12.0. The lowest BCUT2D eigenvalue weighted by molar-refractivity contribution is 0.0960. The number of thiophene rings is 1. The van der Waals surface area contributed by atoms with E-state index in [4.69, 9.17) is 4.74 Å². The van der Waals surface area contributed by atoms with Gasteiger partial charge in [0.05, 0.1) is 12.8 Å². The molecule has 18 heavy (non-hydrogen) atoms. The largest absolute Gasteiger partial charge is 0.497 e. The second kappa shape index (κ2) is 4.17. The molecule has 0 spiro atoms. The number of hydrogen-bond donors (Lipinski definition) is 2. The third kappa shape index (κ3) is 1.71. The summed E-state index contributed by atoms with van der Waals surface area (Å²) in [6.07, 6.45) is 0. The van der Waals surface area contributed by atoms with E-state index in [1.54, 1.807) is 7.11 Å². The summed E-state index contributed by atoms with van der Waals surface area (Å²) in [7, 11) is 1.65. The highest BCUT2D eigenvalue weighted by Crippen LogP contribution is 2.38. The van der Waals surface area contributed by atoms with E-state index in [-0.39, 0.29) is 11.9 Å². The van der Waals surface area contributed by atoms with Crippen LogP contribution in [0.3, 0.4) is 0 Å². The Balaban J connectivity index is 2.23. The fourth-order valence-corrected chi connectivity index (χ4v) is 3.19. The molecule has 0 radical (unpaired) electrons. The number of nitrogens with one attached hydrogen (secondary N) is 2. The molecule has 1 aliphatic heterocycles. The number of amides is 1. The lowest BCUT2D eigenvalue weighted by Crippen LogP contribution is -2.30. The second-order valence-corrected chi connectivity index (χ2v) is 5.48. The average molecular weight is 262 g/mol. The Hall–Kier alpha value is -1.75. The maximum Gasteiger partial charge on any atom is 0.263 e. The first-order valence-corrected chi connectivity index (χ1v) is 6.66. The third-order valence-electron chi connectivity index (χ3n) is 3.06. The molecule has 1 atom stereocenters. The van der Waals surface area contributed by atoms with E-state index in [1.165, 1.54) is 11.3 Å². The molecule has 0 saturated carbocycles. The number of carbonyl (C=O) groups is 1. The number of benzene rings is 1. The Morgan fingerprint density at radius 2 is 2.28 bits per heavy atom. The molecule has 0 saturated heterocycles. The SMILES string of the molecule is COc1ccc2sc3c(c2c1)N[C@H](C)CNC3=O. The van der Waals surface area contributed by atoms with Gasteiger partial charge < -0.3 is 15.4 Å². The number of carbonyl (C=O) groups excluding carboxylic acids is 1. The van der Waals surface area contributed by atoms with Crippen LogP contribution in [0, 0.1) is 0 Å². The van der Waals surface area contributed by atoms with Crippen LogP contribution in [0.4, 0.5) is 5.69 Å². The van der Waals surface area contributed by atoms with E-state index in [1.807, 2.05) is 18.2 Å². The number of methoxy groups -OCH3 is 1. The number of ether oxygens (including phenoxy) is 1. The number of rotatable bonds is 1. The average Bonchev–Trinajstić information content (AvgIpc) is 2.67. The minimum absolute atomic E-state index is 0.00187. The minimum Gasteiger partial charge on any atom is -0.497 e. The Labute approximate surface area is 109 Å². The zero-order valence-corrected chi connectivity index (χ0v) is 11.1. The first kappa shape index (κ1) is 11.3. The van der Waals surface area contributed by atoms with Crippen molar-refractivity contribution in [1.82, 2.24) is 5.32 Å². The van der Waals surface area contributed by atoms with Gasteiger partial charge in [0.1, 0.15) is 10.6 Å². The highest BCUT2D eigenvalue weighted by molar-refractivity contribution is 7.21. The molecular weight excluding hydrogens is 248 g/mol. The molecule has 1 aliphatic rings. The number of hydrogen-bond acceptors (Lipinski definition) is 4. The van der Waals surface area contributed by atoms with Gasteiger partial charge >= 0.3 is 0 Å². The zero-order chi connectivity index (χ0) is 12.7. The lowest BCUT2D eigenvalue weighted by atomic mass is 10.2. The fourth-order valence-electron chi connectivity index (χ4n) is 2.13. The van der Waals surface area contributed by atoms with Gasteiger partial charge in [-0.2, -0.15) is 0 Å². The highest BCUT2D eigenvalue weighted by atomic mass is 32.1. The molecule has 1 amide bonds. The fraction of sp³-hybridized carbons (Fsp3) is 0.308. The number of anilines is 1. The summed E-state index contributed by atoms with van der Waals surface area (Å²) in [6.45, 7) is 2.70. The molecule has 3 rings (SSSR count). The van der Waals surface area contributed by atoms with Crippen molar-refractivity contribution in [3.63, 3.8) is 0 Å². The molecule has 5 heteroatoms. The van der Waals surface area contributed by atoms with Gasteiger partial charge in [-0.1, -0.05) is 0 Å². The molecule has 0 fully saturated rings. The summed E-state index contributed by atoms with van der Waals surface area (Å²) in [5.41, 5.74) is 0.927. The van der Waals surface area contributed by atoms with Crippen LogP contribution in [0.25, 0.3) is 10.1 Å². The van der Waals surface area contributed by atoms with Gasteiger partial charge in [-0.25, -0.2) is 0 Å². The molecule has 1 aromatic carbocycles. The molecule has 4 nitrogen and oxygen atoms in total. The van der Waals surface area contributed by atoms with E-state index >= 15 is 0 Å². The Morgan fingerprint density at radius 3 is 3.06 bits per heavy atom. The van der Waals surface area contributed by atoms with E-state index in [0.29, 0.717) is 6.54 Å². The highest BCUT2D eigenvalue weighted by Gasteiger charge is 2.23. The summed E-state index contributed by atoms with van der Waals surface area (Å²) in [5, 5.41) is 7.37. The Morgan fingerprint density at radius 1 is 1.44 bits per heavy atom. The van der Waals surface area contributed by atoms with Crippen molar-refractivity contribution in [3.05, 3.63) is 23.1 Å². The minimum atomic E-state index is 0.00187. The van der Waals surface area contributed by atoms with Crippen molar-refractivity contribution < 1.29 is 9.53 Å². The predicted octanol–water partition coefficient (Wildman–Crippen LogP) is 2.45. The first-order valence-electron chi connectivity index (χ1n) is 5.84. The summed E-state index contributed by atoms with van der Waals surface area (Å²) in [4.78, 5) is 12.8. The van der Waals surface area contributed by atoms with Crippen molar-refractivity contribution in [2.45, 2.75) is 13.0 Å². The lowest BCUT2D eigenvalue weighted by Gasteiger charge is -2.11. The summed E-state index contributed by atoms with van der Waals surface area (Å²) in [5.74, 6) is 0.809. The molecule has 2 heterocycles. The van der Waals surface area contributed by atoms with Crippen LogP contribution in [0.5, 0.6) is 5.75 Å². The van der Waals surface area contributed by atoms with Crippen LogP contribution < -0.4 is 15.4 Å². The van der Waals surface area contributed by atoms with Gasteiger partial charge in [0, 0.05) is 22.7 Å². The molecule has 2 N–H and O–H groups in total. The number of fused-ring (bicyclic) bond motifs is 3. The Bertz CT molecular complexity index is 621. The standard InChI is InChI=1S/C13H14N2O2S/c1-7-6-14-13(16)12-11(15-7)9-5-8(17-2)3-4-10(9)18-12/h3-5,7,15H,6H2,1-2H3,(H,14,16)/t7-/m1/s1. The van der Waals surface area contributed by atoms with Gasteiger partial charge in [0.2, 0.25) is 0 Å². The van der Waals surface area contributed by atoms with E-state index in [2.05, 4.69) is 17.6 Å². The van der Waals surface area contributed by atoms with Crippen LogP contribution in [0.15, 0.2) is 18.2 Å². The van der Waals surface area contributed by atoms with Crippen LogP contribution >= 0.6 is 11.3 Å². The molecule has 94 valence electrons. The molecule has 0 unspecified atom stereocenters. The Kier molecular flexibility index (Phi) is 2.63. The second-order valence-electron chi connectivity index (χ2n) is 4.42. The van der Waals surface area contributed by atoms with Crippen molar-refractivity contribution in [1.29, 1.82) is 0 Å². The van der Waals surface area contributed by atoms with Crippen LogP contribution in [0.2, 0.25) is 0 Å². The molecule has 0 aliphatic carbocycles.